The van der Waals surface area contributed by atoms with Crippen molar-refractivity contribution in [3.8, 4) is 0 Å². The fourth-order valence-corrected chi connectivity index (χ4v) is 2.30. The van der Waals surface area contributed by atoms with E-state index < -0.39 is 0 Å². The second-order valence-electron chi connectivity index (χ2n) is 5.84. The first-order chi connectivity index (χ1) is 9.51. The van der Waals surface area contributed by atoms with E-state index in [0.717, 1.165) is 18.4 Å². The van der Waals surface area contributed by atoms with Gasteiger partial charge >= 0.3 is 0 Å². The van der Waals surface area contributed by atoms with Crippen LogP contribution in [0.15, 0.2) is 17.4 Å². The lowest BCUT2D eigenvalue weighted by Crippen LogP contribution is -2.42. The van der Waals surface area contributed by atoms with Gasteiger partial charge in [-0.1, -0.05) is 6.92 Å². The summed E-state index contributed by atoms with van der Waals surface area (Å²) in [5, 5.41) is 11.1. The number of guanidine groups is 1. The standard InChI is InChI=1S/C14H26N6/c1-10-6-12(10)18-14(15-2)16-8-13(19(3)4)11-7-17-20(5)9-11/h7,9-10,12-13H,6,8H2,1-5H3,(H2,15,16,18). The third-order valence-electron chi connectivity index (χ3n) is 3.85. The average molecular weight is 278 g/mol. The molecule has 1 saturated carbocycles. The van der Waals surface area contributed by atoms with Crippen molar-refractivity contribution in [1.82, 2.24) is 25.3 Å². The van der Waals surface area contributed by atoms with Crippen LogP contribution in [0.4, 0.5) is 0 Å². The molecular weight excluding hydrogens is 252 g/mol. The predicted octanol–water partition coefficient (Wildman–Crippen LogP) is 0.596. The van der Waals surface area contributed by atoms with Crippen LogP contribution in [0.25, 0.3) is 0 Å². The van der Waals surface area contributed by atoms with Crippen LogP contribution in [-0.2, 0) is 7.05 Å². The van der Waals surface area contributed by atoms with Crippen molar-refractivity contribution in [2.45, 2.75) is 25.4 Å². The summed E-state index contributed by atoms with van der Waals surface area (Å²) in [4.78, 5) is 6.48. The highest BCUT2D eigenvalue weighted by Gasteiger charge is 2.33. The molecule has 6 heteroatoms. The number of aromatic nitrogens is 2. The molecule has 1 aliphatic carbocycles. The predicted molar refractivity (Wildman–Crippen MR) is 81.7 cm³/mol. The Bertz CT molecular complexity index is 464. The molecule has 0 amide bonds. The lowest BCUT2D eigenvalue weighted by atomic mass is 10.1. The van der Waals surface area contributed by atoms with Gasteiger partial charge in [-0.15, -0.1) is 0 Å². The monoisotopic (exact) mass is 278 g/mol. The van der Waals surface area contributed by atoms with Gasteiger partial charge in [0.2, 0.25) is 0 Å². The zero-order valence-electron chi connectivity index (χ0n) is 13.1. The minimum Gasteiger partial charge on any atom is -0.354 e. The molecule has 0 bridgehead atoms. The molecule has 112 valence electrons. The van der Waals surface area contributed by atoms with Gasteiger partial charge in [-0.2, -0.15) is 5.10 Å². The van der Waals surface area contributed by atoms with Crippen molar-refractivity contribution in [2.24, 2.45) is 18.0 Å². The zero-order valence-corrected chi connectivity index (χ0v) is 13.1. The molecule has 0 aliphatic heterocycles. The molecule has 0 saturated heterocycles. The molecule has 6 nitrogen and oxygen atoms in total. The van der Waals surface area contributed by atoms with Crippen LogP contribution in [-0.4, -0.2) is 54.4 Å². The van der Waals surface area contributed by atoms with E-state index in [-0.39, 0.29) is 6.04 Å². The molecule has 2 rings (SSSR count). The third-order valence-corrected chi connectivity index (χ3v) is 3.85. The summed E-state index contributed by atoms with van der Waals surface area (Å²) < 4.78 is 1.84. The summed E-state index contributed by atoms with van der Waals surface area (Å²) in [6.07, 6.45) is 5.22. The van der Waals surface area contributed by atoms with Gasteiger partial charge in [0, 0.05) is 38.4 Å². The van der Waals surface area contributed by atoms with Gasteiger partial charge in [0.15, 0.2) is 5.96 Å². The van der Waals surface area contributed by atoms with Gasteiger partial charge in [-0.3, -0.25) is 9.67 Å². The van der Waals surface area contributed by atoms with Crippen molar-refractivity contribution < 1.29 is 0 Å². The topological polar surface area (TPSA) is 57.5 Å². The molecule has 1 heterocycles. The first kappa shape index (κ1) is 14.8. The van der Waals surface area contributed by atoms with E-state index in [0.29, 0.717) is 6.04 Å². The van der Waals surface area contributed by atoms with Crippen LogP contribution >= 0.6 is 0 Å². The van der Waals surface area contributed by atoms with Crippen LogP contribution in [0.5, 0.6) is 0 Å². The van der Waals surface area contributed by atoms with Gasteiger partial charge in [-0.25, -0.2) is 0 Å². The molecule has 1 aromatic rings. The van der Waals surface area contributed by atoms with Gasteiger partial charge in [-0.05, 0) is 26.4 Å². The smallest absolute Gasteiger partial charge is 0.191 e. The van der Waals surface area contributed by atoms with Crippen molar-refractivity contribution in [1.29, 1.82) is 0 Å². The van der Waals surface area contributed by atoms with E-state index in [4.69, 9.17) is 0 Å². The van der Waals surface area contributed by atoms with E-state index >= 15 is 0 Å². The maximum atomic E-state index is 4.29. The fourth-order valence-electron chi connectivity index (χ4n) is 2.30. The summed E-state index contributed by atoms with van der Waals surface area (Å²) in [5.74, 6) is 1.65. The Hall–Kier alpha value is -1.56. The van der Waals surface area contributed by atoms with Crippen LogP contribution in [0.2, 0.25) is 0 Å². The largest absolute Gasteiger partial charge is 0.354 e. The highest BCUT2D eigenvalue weighted by Crippen LogP contribution is 2.28. The average Bonchev–Trinajstić information content (AvgIpc) is 2.91. The zero-order chi connectivity index (χ0) is 14.7. The van der Waals surface area contributed by atoms with Crippen LogP contribution in [0.3, 0.4) is 0 Å². The number of nitrogens with zero attached hydrogens (tertiary/aromatic N) is 4. The molecule has 0 spiro atoms. The van der Waals surface area contributed by atoms with E-state index in [1.165, 1.54) is 12.0 Å². The SMILES string of the molecule is CN=C(NCC(c1cnn(C)c1)N(C)C)NC1CC1C. The third kappa shape index (κ3) is 3.72. The Labute approximate surface area is 121 Å². The summed E-state index contributed by atoms with van der Waals surface area (Å²) in [7, 11) is 7.92. The maximum Gasteiger partial charge on any atom is 0.191 e. The van der Waals surface area contributed by atoms with Crippen molar-refractivity contribution in [3.63, 3.8) is 0 Å². The van der Waals surface area contributed by atoms with Crippen molar-refractivity contribution >= 4 is 5.96 Å². The van der Waals surface area contributed by atoms with Crippen molar-refractivity contribution in [3.05, 3.63) is 18.0 Å². The highest BCUT2D eigenvalue weighted by atomic mass is 15.3. The Morgan fingerprint density at radius 1 is 1.60 bits per heavy atom. The lowest BCUT2D eigenvalue weighted by Gasteiger charge is -2.24. The molecule has 20 heavy (non-hydrogen) atoms. The highest BCUT2D eigenvalue weighted by molar-refractivity contribution is 5.80. The second kappa shape index (κ2) is 6.26. The number of aryl methyl sites for hydroxylation is 1. The van der Waals surface area contributed by atoms with Gasteiger partial charge < -0.3 is 15.5 Å². The van der Waals surface area contributed by atoms with Gasteiger partial charge in [0.25, 0.3) is 0 Å². The molecule has 0 aromatic carbocycles. The molecule has 3 unspecified atom stereocenters. The Kier molecular flexibility index (Phi) is 4.65. The van der Waals surface area contributed by atoms with E-state index in [1.54, 1.807) is 0 Å². The molecule has 3 atom stereocenters. The first-order valence-electron chi connectivity index (χ1n) is 7.13. The lowest BCUT2D eigenvalue weighted by molar-refractivity contribution is 0.298. The summed E-state index contributed by atoms with van der Waals surface area (Å²) >= 11 is 0. The number of hydrogen-bond acceptors (Lipinski definition) is 3. The number of rotatable bonds is 5. The number of hydrogen-bond donors (Lipinski definition) is 2. The maximum absolute atomic E-state index is 4.29. The molecule has 1 aliphatic rings. The molecule has 2 N–H and O–H groups in total. The summed E-state index contributed by atoms with van der Waals surface area (Å²) in [6, 6.07) is 0.858. The van der Waals surface area contributed by atoms with Crippen LogP contribution < -0.4 is 10.6 Å². The van der Waals surface area contributed by atoms with Crippen LogP contribution in [0.1, 0.15) is 24.9 Å². The molecular formula is C14H26N6. The normalized spacial score (nSPS) is 23.8. The van der Waals surface area contributed by atoms with Crippen LogP contribution in [0, 0.1) is 5.92 Å². The number of nitrogens with one attached hydrogen (secondary N) is 2. The number of likely N-dealkylation sites (N-methyl/N-ethyl adjacent to an activating group) is 1. The summed E-state index contributed by atoms with van der Waals surface area (Å²) in [6.45, 7) is 3.06. The van der Waals surface area contributed by atoms with E-state index in [2.05, 4.69) is 52.8 Å². The minimum absolute atomic E-state index is 0.277. The first-order valence-corrected chi connectivity index (χ1v) is 7.13. The Balaban J connectivity index is 1.91. The second-order valence-corrected chi connectivity index (χ2v) is 5.84. The Morgan fingerprint density at radius 2 is 2.30 bits per heavy atom. The van der Waals surface area contributed by atoms with Gasteiger partial charge in [0.1, 0.15) is 0 Å². The molecule has 1 fully saturated rings. The fraction of sp³-hybridized carbons (Fsp3) is 0.714. The van der Waals surface area contributed by atoms with E-state index in [1.807, 2.05) is 25.0 Å². The quantitative estimate of drug-likeness (QED) is 0.611. The summed E-state index contributed by atoms with van der Waals surface area (Å²) in [5.41, 5.74) is 1.21. The number of aliphatic imine (C=N–C) groups is 1. The Morgan fingerprint density at radius 3 is 2.75 bits per heavy atom. The minimum atomic E-state index is 0.277. The van der Waals surface area contributed by atoms with E-state index in [9.17, 15) is 0 Å². The molecule has 1 aromatic heterocycles. The van der Waals surface area contributed by atoms with Gasteiger partial charge in [0.05, 0.1) is 12.2 Å². The van der Waals surface area contributed by atoms with Crippen molar-refractivity contribution in [2.75, 3.05) is 27.7 Å². The molecule has 0 radical (unpaired) electrons.